The van der Waals surface area contributed by atoms with E-state index in [4.69, 9.17) is 12.2 Å². The lowest BCUT2D eigenvalue weighted by Crippen LogP contribution is -2.44. The Morgan fingerprint density at radius 3 is 2.53 bits per heavy atom. The van der Waals surface area contributed by atoms with Gasteiger partial charge >= 0.3 is 0 Å². The zero-order chi connectivity index (χ0) is 21.2. The summed E-state index contributed by atoms with van der Waals surface area (Å²) < 4.78 is 0. The fourth-order valence-electron chi connectivity index (χ4n) is 3.13. The second kappa shape index (κ2) is 11.6. The van der Waals surface area contributed by atoms with Crippen molar-refractivity contribution in [2.24, 2.45) is 0 Å². The van der Waals surface area contributed by atoms with Gasteiger partial charge in [0.25, 0.3) is 0 Å². The number of thioether (sulfide) groups is 1. The molecular weight excluding hydrogens is 410 g/mol. The van der Waals surface area contributed by atoms with Crippen LogP contribution >= 0.6 is 24.0 Å². The van der Waals surface area contributed by atoms with Crippen LogP contribution in [-0.4, -0.2) is 16.8 Å². The first-order valence-electron chi connectivity index (χ1n) is 10.1. The summed E-state index contributed by atoms with van der Waals surface area (Å²) in [7, 11) is 0. The molecule has 0 fully saturated rings. The second-order valence-electron chi connectivity index (χ2n) is 7.06. The van der Waals surface area contributed by atoms with Crippen molar-refractivity contribution in [1.82, 2.24) is 10.9 Å². The van der Waals surface area contributed by atoms with E-state index in [0.717, 1.165) is 17.9 Å². The second-order valence-corrected chi connectivity index (χ2v) is 8.45. The summed E-state index contributed by atoms with van der Waals surface area (Å²) in [5.74, 6) is 1.02. The predicted octanol–water partition coefficient (Wildman–Crippen LogP) is 5.43. The predicted molar refractivity (Wildman–Crippen MR) is 133 cm³/mol. The maximum Gasteiger partial charge on any atom is 0.248 e. The number of amides is 1. The number of benzene rings is 3. The van der Waals surface area contributed by atoms with Crippen LogP contribution in [0.4, 0.5) is 5.69 Å². The largest absolute Gasteiger partial charge is 0.331 e. The van der Waals surface area contributed by atoms with Gasteiger partial charge in [0, 0.05) is 11.4 Å². The monoisotopic (exact) mass is 437 g/mol. The molecule has 30 heavy (non-hydrogen) atoms. The van der Waals surface area contributed by atoms with Crippen molar-refractivity contribution >= 4 is 51.5 Å². The SMILES string of the molecule is CCCCc1ccc(NC(=S)NNC(=O)CSCc2cccc3ccccc23)cc1. The molecule has 156 valence electrons. The van der Waals surface area contributed by atoms with E-state index in [-0.39, 0.29) is 5.91 Å². The van der Waals surface area contributed by atoms with Crippen molar-refractivity contribution in [1.29, 1.82) is 0 Å². The zero-order valence-corrected chi connectivity index (χ0v) is 18.7. The third-order valence-electron chi connectivity index (χ3n) is 4.72. The highest BCUT2D eigenvalue weighted by atomic mass is 32.2. The van der Waals surface area contributed by atoms with E-state index in [0.29, 0.717) is 10.9 Å². The third-order valence-corrected chi connectivity index (χ3v) is 5.90. The number of rotatable bonds is 8. The average Bonchev–Trinajstić information content (AvgIpc) is 2.77. The molecule has 0 bridgehead atoms. The van der Waals surface area contributed by atoms with E-state index in [1.165, 1.54) is 34.7 Å². The molecule has 0 heterocycles. The summed E-state index contributed by atoms with van der Waals surface area (Å²) in [6, 6.07) is 22.8. The Bertz CT molecular complexity index is 984. The topological polar surface area (TPSA) is 53.2 Å². The summed E-state index contributed by atoms with van der Waals surface area (Å²) in [6.45, 7) is 2.19. The number of fused-ring (bicyclic) bond motifs is 1. The first-order chi connectivity index (χ1) is 14.7. The van der Waals surface area contributed by atoms with E-state index in [9.17, 15) is 4.79 Å². The molecule has 0 saturated carbocycles. The minimum Gasteiger partial charge on any atom is -0.331 e. The van der Waals surface area contributed by atoms with Crippen LogP contribution in [-0.2, 0) is 17.0 Å². The van der Waals surface area contributed by atoms with Gasteiger partial charge in [-0.2, -0.15) is 0 Å². The van der Waals surface area contributed by atoms with Gasteiger partial charge in [-0.3, -0.25) is 15.6 Å². The van der Waals surface area contributed by atoms with E-state index in [1.807, 2.05) is 24.3 Å². The maximum atomic E-state index is 12.1. The Balaban J connectivity index is 1.38. The number of carbonyl (C=O) groups is 1. The lowest BCUT2D eigenvalue weighted by molar-refractivity contribution is -0.119. The fraction of sp³-hybridized carbons (Fsp3) is 0.250. The van der Waals surface area contributed by atoms with Gasteiger partial charge in [-0.1, -0.05) is 67.9 Å². The number of hydrogen-bond acceptors (Lipinski definition) is 3. The quantitative estimate of drug-likeness (QED) is 0.324. The fourth-order valence-corrected chi connectivity index (χ4v) is 4.13. The normalized spacial score (nSPS) is 10.6. The number of carbonyl (C=O) groups excluding carboxylic acids is 1. The van der Waals surface area contributed by atoms with Crippen LogP contribution in [0.1, 0.15) is 30.9 Å². The van der Waals surface area contributed by atoms with Gasteiger partial charge in [0.15, 0.2) is 5.11 Å². The summed E-state index contributed by atoms with van der Waals surface area (Å²) in [4.78, 5) is 12.1. The Morgan fingerprint density at radius 1 is 0.967 bits per heavy atom. The van der Waals surface area contributed by atoms with Crippen molar-refractivity contribution in [3.8, 4) is 0 Å². The molecule has 4 nitrogen and oxygen atoms in total. The van der Waals surface area contributed by atoms with Gasteiger partial charge in [0.05, 0.1) is 5.75 Å². The molecule has 0 aliphatic rings. The highest BCUT2D eigenvalue weighted by molar-refractivity contribution is 7.99. The molecule has 3 aromatic rings. The van der Waals surface area contributed by atoms with Crippen LogP contribution in [0.15, 0.2) is 66.7 Å². The lowest BCUT2D eigenvalue weighted by atomic mass is 10.1. The van der Waals surface area contributed by atoms with Gasteiger partial charge in [-0.15, -0.1) is 11.8 Å². The van der Waals surface area contributed by atoms with Crippen LogP contribution in [0.25, 0.3) is 10.8 Å². The minimum absolute atomic E-state index is 0.112. The minimum atomic E-state index is -0.112. The van der Waals surface area contributed by atoms with Gasteiger partial charge in [0.1, 0.15) is 0 Å². The van der Waals surface area contributed by atoms with Gasteiger partial charge < -0.3 is 5.32 Å². The standard InChI is InChI=1S/C24H27N3OS2/c1-2-3-7-18-12-14-21(15-13-18)25-24(29)27-26-23(28)17-30-16-20-10-6-9-19-8-4-5-11-22(19)20/h4-6,8-15H,2-3,7,16-17H2,1H3,(H,26,28)(H2,25,27,29). The summed E-state index contributed by atoms with van der Waals surface area (Å²) in [5, 5.41) is 5.90. The molecule has 1 amide bonds. The van der Waals surface area contributed by atoms with E-state index < -0.39 is 0 Å². The molecule has 3 N–H and O–H groups in total. The molecule has 3 aromatic carbocycles. The highest BCUT2D eigenvalue weighted by Crippen LogP contribution is 2.22. The molecule has 0 atom stereocenters. The molecule has 0 unspecified atom stereocenters. The van der Waals surface area contributed by atoms with Crippen LogP contribution in [0.3, 0.4) is 0 Å². The van der Waals surface area contributed by atoms with Gasteiger partial charge in [-0.05, 0) is 59.1 Å². The van der Waals surface area contributed by atoms with E-state index >= 15 is 0 Å². The maximum absolute atomic E-state index is 12.1. The van der Waals surface area contributed by atoms with Crippen molar-refractivity contribution < 1.29 is 4.79 Å². The van der Waals surface area contributed by atoms with Gasteiger partial charge in [0.2, 0.25) is 5.91 Å². The Kier molecular flexibility index (Phi) is 8.53. The van der Waals surface area contributed by atoms with Crippen LogP contribution in [0, 0.1) is 0 Å². The summed E-state index contributed by atoms with van der Waals surface area (Å²) in [6.07, 6.45) is 3.47. The summed E-state index contributed by atoms with van der Waals surface area (Å²) in [5.41, 5.74) is 8.87. The Hall–Kier alpha value is -2.57. The van der Waals surface area contributed by atoms with Crippen molar-refractivity contribution in [3.05, 3.63) is 77.9 Å². The molecule has 3 rings (SSSR count). The highest BCUT2D eigenvalue weighted by Gasteiger charge is 2.05. The molecule has 0 saturated heterocycles. The van der Waals surface area contributed by atoms with Crippen molar-refractivity contribution in [2.75, 3.05) is 11.1 Å². The van der Waals surface area contributed by atoms with Crippen LogP contribution in [0.5, 0.6) is 0 Å². The zero-order valence-electron chi connectivity index (χ0n) is 17.1. The Morgan fingerprint density at radius 2 is 1.73 bits per heavy atom. The van der Waals surface area contributed by atoms with E-state index in [1.54, 1.807) is 11.8 Å². The molecule has 6 heteroatoms. The molecule has 0 aliphatic carbocycles. The van der Waals surface area contributed by atoms with Gasteiger partial charge in [-0.25, -0.2) is 0 Å². The molecule has 0 radical (unpaired) electrons. The molecular formula is C24H27N3OS2. The molecule has 0 aromatic heterocycles. The number of hydrazine groups is 1. The third kappa shape index (κ3) is 6.75. The lowest BCUT2D eigenvalue weighted by Gasteiger charge is -2.12. The van der Waals surface area contributed by atoms with Crippen LogP contribution < -0.4 is 16.2 Å². The molecule has 0 aliphatic heterocycles. The number of unbranched alkanes of at least 4 members (excludes halogenated alkanes) is 1. The summed E-state index contributed by atoms with van der Waals surface area (Å²) >= 11 is 6.83. The smallest absolute Gasteiger partial charge is 0.248 e. The average molecular weight is 438 g/mol. The number of aryl methyl sites for hydroxylation is 1. The first kappa shape index (κ1) is 22.1. The number of hydrogen-bond donors (Lipinski definition) is 3. The van der Waals surface area contributed by atoms with Crippen molar-refractivity contribution in [3.63, 3.8) is 0 Å². The number of thiocarbonyl (C=S) groups is 1. The number of anilines is 1. The van der Waals surface area contributed by atoms with E-state index in [2.05, 4.69) is 65.6 Å². The van der Waals surface area contributed by atoms with Crippen LogP contribution in [0.2, 0.25) is 0 Å². The number of nitrogens with one attached hydrogen (secondary N) is 3. The molecule has 0 spiro atoms. The van der Waals surface area contributed by atoms with Crippen molar-refractivity contribution in [2.45, 2.75) is 31.9 Å². The first-order valence-corrected chi connectivity index (χ1v) is 11.7. The Labute approximate surface area is 187 Å².